The maximum atomic E-state index is 15.2. The molecule has 3 aromatic carbocycles. The van der Waals surface area contributed by atoms with Crippen LogP contribution in [0.25, 0.3) is 5.69 Å². The number of pyridine rings is 1. The standard InChI is InChI=1S/C32H24F4N6O5/c1-45-22-10-7-19(8-11-22)17-41-18-23-25(13-14-37-29(23)40-30(41)43)46-26-12-9-20(15-24(26)33)39-31(44)47-27-16-38-42(28(27)32(34,35)36)21-5-3-2-4-6-21/h2-16H,17-18H2,1H3,(H,39,44)(H,37,40,43). The number of carbonyl (C=O) groups excluding carboxylic acids is 2. The van der Waals surface area contributed by atoms with Gasteiger partial charge in [-0.15, -0.1) is 0 Å². The van der Waals surface area contributed by atoms with E-state index >= 15 is 4.39 Å². The van der Waals surface area contributed by atoms with Gasteiger partial charge < -0.3 is 19.1 Å². The monoisotopic (exact) mass is 648 g/mol. The number of urea groups is 1. The van der Waals surface area contributed by atoms with Crippen molar-refractivity contribution in [1.29, 1.82) is 0 Å². The van der Waals surface area contributed by atoms with Gasteiger partial charge in [0.05, 0.1) is 31.1 Å². The summed E-state index contributed by atoms with van der Waals surface area (Å²) in [6.45, 7) is 0.385. The Morgan fingerprint density at radius 3 is 2.47 bits per heavy atom. The third-order valence-corrected chi connectivity index (χ3v) is 7.01. The first-order chi connectivity index (χ1) is 22.6. The highest BCUT2D eigenvalue weighted by molar-refractivity contribution is 5.91. The van der Waals surface area contributed by atoms with Gasteiger partial charge >= 0.3 is 18.3 Å². The van der Waals surface area contributed by atoms with E-state index in [1.165, 1.54) is 53.6 Å². The molecule has 11 nitrogen and oxygen atoms in total. The summed E-state index contributed by atoms with van der Waals surface area (Å²) in [6.07, 6.45) is -4.04. The Balaban J connectivity index is 1.15. The summed E-state index contributed by atoms with van der Waals surface area (Å²) in [6, 6.07) is 19.3. The van der Waals surface area contributed by atoms with Crippen LogP contribution in [0.2, 0.25) is 0 Å². The van der Waals surface area contributed by atoms with E-state index in [1.807, 2.05) is 12.1 Å². The fraction of sp³-hybridized carbons (Fsp3) is 0.125. The third-order valence-electron chi connectivity index (χ3n) is 7.01. The molecule has 0 radical (unpaired) electrons. The molecular weight excluding hydrogens is 624 g/mol. The number of ether oxygens (including phenoxy) is 3. The number of halogens is 4. The lowest BCUT2D eigenvalue weighted by Gasteiger charge is -2.29. The van der Waals surface area contributed by atoms with Crippen LogP contribution in [0.5, 0.6) is 23.0 Å². The Morgan fingerprint density at radius 2 is 1.77 bits per heavy atom. The lowest BCUT2D eigenvalue weighted by molar-refractivity contribution is -0.143. The molecule has 0 spiro atoms. The van der Waals surface area contributed by atoms with E-state index in [1.54, 1.807) is 25.3 Å². The van der Waals surface area contributed by atoms with Crippen LogP contribution in [-0.4, -0.2) is 38.9 Å². The largest absolute Gasteiger partial charge is 0.497 e. The molecule has 47 heavy (non-hydrogen) atoms. The van der Waals surface area contributed by atoms with E-state index in [4.69, 9.17) is 14.2 Å². The van der Waals surface area contributed by atoms with E-state index in [0.29, 0.717) is 16.0 Å². The van der Waals surface area contributed by atoms with Gasteiger partial charge in [0.2, 0.25) is 0 Å². The van der Waals surface area contributed by atoms with Gasteiger partial charge in [0.1, 0.15) is 17.3 Å². The molecule has 240 valence electrons. The van der Waals surface area contributed by atoms with E-state index in [9.17, 15) is 22.8 Å². The van der Waals surface area contributed by atoms with E-state index < -0.39 is 29.5 Å². The van der Waals surface area contributed by atoms with Crippen molar-refractivity contribution in [3.05, 3.63) is 114 Å². The number of para-hydroxylation sites is 1. The summed E-state index contributed by atoms with van der Waals surface area (Å²) in [5, 5.41) is 8.64. The number of rotatable bonds is 8. The van der Waals surface area contributed by atoms with Crippen molar-refractivity contribution in [1.82, 2.24) is 19.7 Å². The molecule has 0 bridgehead atoms. The second-order valence-electron chi connectivity index (χ2n) is 10.1. The van der Waals surface area contributed by atoms with Gasteiger partial charge in [-0.25, -0.2) is 23.6 Å². The van der Waals surface area contributed by atoms with Crippen molar-refractivity contribution < 1.29 is 41.4 Å². The number of benzene rings is 3. The van der Waals surface area contributed by atoms with Crippen LogP contribution in [0.4, 0.5) is 38.7 Å². The molecule has 1 aliphatic heterocycles. The van der Waals surface area contributed by atoms with E-state index in [-0.39, 0.29) is 47.8 Å². The highest BCUT2D eigenvalue weighted by atomic mass is 19.4. The zero-order valence-corrected chi connectivity index (χ0v) is 24.4. The summed E-state index contributed by atoms with van der Waals surface area (Å²) in [4.78, 5) is 31.0. The number of hydrogen-bond acceptors (Lipinski definition) is 7. The van der Waals surface area contributed by atoms with Crippen LogP contribution in [0.1, 0.15) is 16.8 Å². The number of amides is 3. The topological polar surface area (TPSA) is 120 Å². The molecule has 0 unspecified atom stereocenters. The predicted molar refractivity (Wildman–Crippen MR) is 160 cm³/mol. The van der Waals surface area contributed by atoms with Crippen molar-refractivity contribution in [2.24, 2.45) is 0 Å². The highest BCUT2D eigenvalue weighted by Crippen LogP contribution is 2.38. The predicted octanol–water partition coefficient (Wildman–Crippen LogP) is 7.38. The average molecular weight is 649 g/mol. The maximum absolute atomic E-state index is 15.2. The molecule has 0 atom stereocenters. The summed E-state index contributed by atoms with van der Waals surface area (Å²) in [5.41, 5.74) is 0.0488. The van der Waals surface area contributed by atoms with E-state index in [0.717, 1.165) is 17.8 Å². The smallest absolute Gasteiger partial charge is 0.437 e. The molecule has 0 saturated heterocycles. The molecule has 1 aliphatic rings. The van der Waals surface area contributed by atoms with Gasteiger partial charge in [0, 0.05) is 24.5 Å². The van der Waals surface area contributed by atoms with Crippen molar-refractivity contribution in [3.8, 4) is 28.7 Å². The SMILES string of the molecule is COc1ccc(CN2Cc3c(Oc4ccc(NC(=O)Oc5cnn(-c6ccccc6)c5C(F)(F)F)cc4F)ccnc3NC2=O)cc1. The number of carbonyl (C=O) groups is 2. The summed E-state index contributed by atoms with van der Waals surface area (Å²) >= 11 is 0. The Morgan fingerprint density at radius 1 is 1.00 bits per heavy atom. The number of nitrogens with zero attached hydrogens (tertiary/aromatic N) is 4. The minimum Gasteiger partial charge on any atom is -0.497 e. The number of fused-ring (bicyclic) bond motifs is 1. The second-order valence-corrected chi connectivity index (χ2v) is 10.1. The lowest BCUT2D eigenvalue weighted by Crippen LogP contribution is -2.38. The molecule has 3 amide bonds. The minimum absolute atomic E-state index is 0.107. The summed E-state index contributed by atoms with van der Waals surface area (Å²) < 4.78 is 73.3. The normalized spacial score (nSPS) is 12.6. The Hall–Kier alpha value is -6.12. The Labute approximate surface area is 264 Å². The minimum atomic E-state index is -4.91. The molecule has 3 heterocycles. The second kappa shape index (κ2) is 12.7. The Bertz CT molecular complexity index is 1930. The molecule has 0 saturated carbocycles. The zero-order valence-electron chi connectivity index (χ0n) is 24.4. The van der Waals surface area contributed by atoms with Gasteiger partial charge in [0.25, 0.3) is 0 Å². The Kier molecular flexibility index (Phi) is 8.35. The number of hydrogen-bond donors (Lipinski definition) is 2. The quantitative estimate of drug-likeness (QED) is 0.169. The molecule has 0 fully saturated rings. The fourth-order valence-corrected chi connectivity index (χ4v) is 4.81. The molecule has 6 rings (SSSR count). The van der Waals surface area contributed by atoms with Crippen molar-refractivity contribution in [3.63, 3.8) is 0 Å². The van der Waals surface area contributed by atoms with Crippen LogP contribution in [-0.2, 0) is 19.3 Å². The number of methoxy groups -OCH3 is 1. The first kappa shape index (κ1) is 30.9. The molecule has 0 aliphatic carbocycles. The molecule has 2 N–H and O–H groups in total. The van der Waals surface area contributed by atoms with Crippen LogP contribution < -0.4 is 24.8 Å². The first-order valence-electron chi connectivity index (χ1n) is 13.9. The van der Waals surface area contributed by atoms with Gasteiger partial charge in [-0.2, -0.15) is 18.3 Å². The van der Waals surface area contributed by atoms with Crippen molar-refractivity contribution in [2.75, 3.05) is 17.7 Å². The van der Waals surface area contributed by atoms with Crippen molar-refractivity contribution >= 4 is 23.6 Å². The van der Waals surface area contributed by atoms with Gasteiger partial charge in [-0.1, -0.05) is 30.3 Å². The van der Waals surface area contributed by atoms with Gasteiger partial charge in [0.15, 0.2) is 23.0 Å². The van der Waals surface area contributed by atoms with Gasteiger partial charge in [-0.3, -0.25) is 10.6 Å². The van der Waals surface area contributed by atoms with Crippen LogP contribution in [0, 0.1) is 5.82 Å². The van der Waals surface area contributed by atoms with Crippen LogP contribution in [0.3, 0.4) is 0 Å². The highest BCUT2D eigenvalue weighted by Gasteiger charge is 2.40. The van der Waals surface area contributed by atoms with Crippen LogP contribution >= 0.6 is 0 Å². The number of aromatic nitrogens is 3. The van der Waals surface area contributed by atoms with E-state index in [2.05, 4.69) is 20.7 Å². The number of alkyl halides is 3. The van der Waals surface area contributed by atoms with Crippen LogP contribution in [0.15, 0.2) is 91.3 Å². The summed E-state index contributed by atoms with van der Waals surface area (Å²) in [7, 11) is 1.56. The molecule has 5 aromatic rings. The average Bonchev–Trinajstić information content (AvgIpc) is 3.48. The lowest BCUT2D eigenvalue weighted by atomic mass is 10.1. The number of anilines is 2. The molecule has 15 heteroatoms. The molecular formula is C32H24F4N6O5. The summed E-state index contributed by atoms with van der Waals surface area (Å²) in [5.74, 6) is -0.795. The molecule has 2 aromatic heterocycles. The van der Waals surface area contributed by atoms with Crippen molar-refractivity contribution in [2.45, 2.75) is 19.3 Å². The zero-order chi connectivity index (χ0) is 33.1. The fourth-order valence-electron chi connectivity index (χ4n) is 4.81. The third kappa shape index (κ3) is 6.78. The van der Waals surface area contributed by atoms with Gasteiger partial charge in [-0.05, 0) is 48.0 Å². The first-order valence-corrected chi connectivity index (χ1v) is 13.9. The number of nitrogens with one attached hydrogen (secondary N) is 2. The maximum Gasteiger partial charge on any atom is 0.437 e.